The zero-order valence-corrected chi connectivity index (χ0v) is 18.9. The van der Waals surface area contributed by atoms with Crippen molar-refractivity contribution in [3.8, 4) is 5.75 Å². The lowest BCUT2D eigenvalue weighted by atomic mass is 10.0. The van der Waals surface area contributed by atoms with Crippen LogP contribution < -0.4 is 10.3 Å². The maximum atomic E-state index is 13.2. The number of hydrogen-bond acceptors (Lipinski definition) is 5. The fraction of sp³-hybridized carbons (Fsp3) is 0.167. The molecule has 0 aliphatic heterocycles. The summed E-state index contributed by atoms with van der Waals surface area (Å²) in [6, 6.07) is 16.6. The van der Waals surface area contributed by atoms with E-state index in [0.717, 1.165) is 21.7 Å². The van der Waals surface area contributed by atoms with Gasteiger partial charge < -0.3 is 9.84 Å². The number of rotatable bonds is 7. The summed E-state index contributed by atoms with van der Waals surface area (Å²) >= 11 is 3.40. The third-order valence-electron chi connectivity index (χ3n) is 4.93. The van der Waals surface area contributed by atoms with E-state index >= 15 is 0 Å². The number of aryl methyl sites for hydroxylation is 1. The van der Waals surface area contributed by atoms with Gasteiger partial charge in [-0.25, -0.2) is 9.78 Å². The first-order valence-electron chi connectivity index (χ1n) is 10.1. The predicted molar refractivity (Wildman–Crippen MR) is 128 cm³/mol. The third-order valence-corrected chi connectivity index (χ3v) is 5.43. The van der Waals surface area contributed by atoms with E-state index in [0.29, 0.717) is 34.5 Å². The summed E-state index contributed by atoms with van der Waals surface area (Å²) in [6.07, 6.45) is 2.91. The van der Waals surface area contributed by atoms with Gasteiger partial charge in [0, 0.05) is 16.5 Å². The highest BCUT2D eigenvalue weighted by molar-refractivity contribution is 9.10. The zero-order chi connectivity index (χ0) is 22.7. The summed E-state index contributed by atoms with van der Waals surface area (Å²) in [6.45, 7) is 1.53. The summed E-state index contributed by atoms with van der Waals surface area (Å²) < 4.78 is 7.57. The number of carboxylic acids is 1. The van der Waals surface area contributed by atoms with E-state index in [4.69, 9.17) is 9.84 Å². The van der Waals surface area contributed by atoms with Crippen molar-refractivity contribution in [3.63, 3.8) is 0 Å². The maximum absolute atomic E-state index is 13.2. The van der Waals surface area contributed by atoms with Crippen molar-refractivity contribution in [1.82, 2.24) is 9.66 Å². The lowest BCUT2D eigenvalue weighted by molar-refractivity contribution is -0.139. The van der Waals surface area contributed by atoms with Gasteiger partial charge in [0.2, 0.25) is 0 Å². The second-order valence-corrected chi connectivity index (χ2v) is 8.10. The van der Waals surface area contributed by atoms with E-state index < -0.39 is 12.6 Å². The minimum atomic E-state index is -1.08. The molecule has 0 atom stereocenters. The van der Waals surface area contributed by atoms with Crippen molar-refractivity contribution >= 4 is 49.8 Å². The summed E-state index contributed by atoms with van der Waals surface area (Å²) in [5, 5.41) is 15.7. The van der Waals surface area contributed by atoms with Gasteiger partial charge in [-0.3, -0.25) is 4.79 Å². The molecular formula is C24H20BrN3O4. The van der Waals surface area contributed by atoms with Crippen LogP contribution in [0.2, 0.25) is 0 Å². The first-order valence-corrected chi connectivity index (χ1v) is 10.9. The Balaban J connectivity index is 1.89. The summed E-state index contributed by atoms with van der Waals surface area (Å²) in [4.78, 5) is 28.9. The van der Waals surface area contributed by atoms with Crippen molar-refractivity contribution in [3.05, 3.63) is 80.8 Å². The minimum absolute atomic E-state index is 0.274. The molecule has 32 heavy (non-hydrogen) atoms. The van der Waals surface area contributed by atoms with E-state index in [2.05, 4.69) is 26.0 Å². The molecule has 0 saturated carbocycles. The Bertz CT molecular complexity index is 1410. The van der Waals surface area contributed by atoms with E-state index in [9.17, 15) is 9.59 Å². The first-order chi connectivity index (χ1) is 15.5. The third kappa shape index (κ3) is 4.40. The molecule has 1 aromatic heterocycles. The Morgan fingerprint density at radius 3 is 2.78 bits per heavy atom. The average Bonchev–Trinajstić information content (AvgIpc) is 2.78. The van der Waals surface area contributed by atoms with E-state index in [-0.39, 0.29) is 5.56 Å². The van der Waals surface area contributed by atoms with Crippen LogP contribution in [-0.4, -0.2) is 33.6 Å². The van der Waals surface area contributed by atoms with Crippen LogP contribution in [0.25, 0.3) is 21.7 Å². The summed E-state index contributed by atoms with van der Waals surface area (Å²) in [5.74, 6) is -0.153. The fourth-order valence-corrected chi connectivity index (χ4v) is 3.85. The molecule has 0 amide bonds. The lowest BCUT2D eigenvalue weighted by Gasteiger charge is -2.11. The molecule has 0 aliphatic carbocycles. The minimum Gasteiger partial charge on any atom is -0.481 e. The molecule has 0 spiro atoms. The molecule has 0 aliphatic rings. The number of aliphatic carboxylic acids is 1. The molecule has 7 nitrogen and oxygen atoms in total. The van der Waals surface area contributed by atoms with Crippen LogP contribution in [0.3, 0.4) is 0 Å². The molecule has 8 heteroatoms. The van der Waals surface area contributed by atoms with Gasteiger partial charge in [0.15, 0.2) is 6.61 Å². The van der Waals surface area contributed by atoms with Crippen molar-refractivity contribution in [1.29, 1.82) is 0 Å². The number of halogens is 1. The van der Waals surface area contributed by atoms with Gasteiger partial charge in [0.05, 0.1) is 17.1 Å². The maximum Gasteiger partial charge on any atom is 0.341 e. The van der Waals surface area contributed by atoms with Crippen LogP contribution in [0.1, 0.15) is 24.7 Å². The largest absolute Gasteiger partial charge is 0.481 e. The molecule has 162 valence electrons. The number of benzene rings is 3. The average molecular weight is 494 g/mol. The smallest absolute Gasteiger partial charge is 0.341 e. The van der Waals surface area contributed by atoms with Crippen molar-refractivity contribution in [2.45, 2.75) is 19.8 Å². The topological polar surface area (TPSA) is 93.8 Å². The second-order valence-electron chi connectivity index (χ2n) is 7.18. The van der Waals surface area contributed by atoms with Gasteiger partial charge in [-0.05, 0) is 41.5 Å². The van der Waals surface area contributed by atoms with Crippen LogP contribution in [0.5, 0.6) is 5.75 Å². The van der Waals surface area contributed by atoms with Crippen molar-refractivity contribution in [2.24, 2.45) is 5.10 Å². The van der Waals surface area contributed by atoms with Gasteiger partial charge in [0.25, 0.3) is 5.56 Å². The predicted octanol–water partition coefficient (Wildman–Crippen LogP) is 4.61. The highest BCUT2D eigenvalue weighted by atomic mass is 79.9. The molecule has 0 bridgehead atoms. The second kappa shape index (κ2) is 9.32. The number of ether oxygens (including phenoxy) is 1. The molecule has 1 heterocycles. The van der Waals surface area contributed by atoms with Gasteiger partial charge >= 0.3 is 5.97 Å². The number of aromatic nitrogens is 2. The van der Waals surface area contributed by atoms with Crippen molar-refractivity contribution in [2.75, 3.05) is 6.61 Å². The molecular weight excluding hydrogens is 474 g/mol. The molecule has 4 aromatic rings. The quantitative estimate of drug-likeness (QED) is 0.379. The van der Waals surface area contributed by atoms with Crippen LogP contribution in [0.15, 0.2) is 69.0 Å². The number of carboxylic acid groups (broad SMARTS) is 1. The fourth-order valence-electron chi connectivity index (χ4n) is 3.49. The van der Waals surface area contributed by atoms with Gasteiger partial charge in [0.1, 0.15) is 11.6 Å². The van der Waals surface area contributed by atoms with E-state index in [1.54, 1.807) is 18.2 Å². The van der Waals surface area contributed by atoms with Gasteiger partial charge in [-0.15, -0.1) is 0 Å². The zero-order valence-electron chi connectivity index (χ0n) is 17.3. The molecule has 3 aromatic carbocycles. The Labute approximate surface area is 192 Å². The summed E-state index contributed by atoms with van der Waals surface area (Å²) in [7, 11) is 0. The number of fused-ring (bicyclic) bond motifs is 2. The molecule has 4 rings (SSSR count). The van der Waals surface area contributed by atoms with Crippen molar-refractivity contribution < 1.29 is 14.6 Å². The van der Waals surface area contributed by atoms with Crippen LogP contribution in [0, 0.1) is 0 Å². The Kier molecular flexibility index (Phi) is 6.32. The van der Waals surface area contributed by atoms with Crippen LogP contribution in [0.4, 0.5) is 0 Å². The first kappa shape index (κ1) is 21.7. The standard InChI is InChI=1S/C24H20BrN3O4/c1-2-5-22-27-20-10-9-16(25)12-18(20)24(31)28(22)26-13-19-17-7-4-3-6-15(17)8-11-21(19)32-14-23(29)30/h3-4,6-13H,2,5,14H2,1H3,(H,29,30). The molecule has 0 saturated heterocycles. The summed E-state index contributed by atoms with van der Waals surface area (Å²) in [5.41, 5.74) is 0.932. The molecule has 0 radical (unpaired) electrons. The molecule has 0 fully saturated rings. The Morgan fingerprint density at radius 2 is 2.00 bits per heavy atom. The lowest BCUT2D eigenvalue weighted by Crippen LogP contribution is -2.22. The normalized spacial score (nSPS) is 11.4. The van der Waals surface area contributed by atoms with E-state index in [1.165, 1.54) is 10.9 Å². The number of hydrogen-bond donors (Lipinski definition) is 1. The van der Waals surface area contributed by atoms with Gasteiger partial charge in [-0.1, -0.05) is 53.2 Å². The Morgan fingerprint density at radius 1 is 1.19 bits per heavy atom. The van der Waals surface area contributed by atoms with E-state index in [1.807, 2.05) is 43.3 Å². The molecule has 1 N–H and O–H groups in total. The number of nitrogens with zero attached hydrogens (tertiary/aromatic N) is 3. The van der Waals surface area contributed by atoms with Gasteiger partial charge in [-0.2, -0.15) is 9.78 Å². The monoisotopic (exact) mass is 493 g/mol. The van der Waals surface area contributed by atoms with Crippen LogP contribution >= 0.6 is 15.9 Å². The van der Waals surface area contributed by atoms with Crippen LogP contribution in [-0.2, 0) is 11.2 Å². The highest BCUT2D eigenvalue weighted by Gasteiger charge is 2.12. The molecule has 0 unspecified atom stereocenters. The SMILES string of the molecule is CCCc1nc2ccc(Br)cc2c(=O)n1N=Cc1c(OCC(=O)O)ccc2ccccc12. The Hall–Kier alpha value is -3.52. The highest BCUT2D eigenvalue weighted by Crippen LogP contribution is 2.27. The number of carbonyl (C=O) groups is 1.